The van der Waals surface area contributed by atoms with Crippen LogP contribution in [0.15, 0.2) is 11.6 Å². The van der Waals surface area contributed by atoms with Crippen LogP contribution in [0.4, 0.5) is 4.39 Å². The third-order valence-corrected chi connectivity index (χ3v) is 2.09. The number of hydrogen-bond acceptors (Lipinski definition) is 1. The zero-order valence-electron chi connectivity index (χ0n) is 6.36. The van der Waals surface area contributed by atoms with Gasteiger partial charge in [0.1, 0.15) is 5.67 Å². The molecular weight excluding hydrogens is 129 g/mol. The molecule has 0 spiro atoms. The van der Waals surface area contributed by atoms with Crippen molar-refractivity contribution in [2.24, 2.45) is 5.73 Å². The Morgan fingerprint density at radius 2 is 2.50 bits per heavy atom. The molecule has 0 amide bonds. The average Bonchev–Trinajstić information content (AvgIpc) is 2.38. The monoisotopic (exact) mass is 143 g/mol. The maximum Gasteiger partial charge on any atom is 0.141 e. The standard InChI is InChI=1S/C8H14FN/c1-8(9,6-10)7-4-2-3-5-7/h4H,2-3,5-6,10H2,1H3. The van der Waals surface area contributed by atoms with Crippen LogP contribution in [0, 0.1) is 0 Å². The van der Waals surface area contributed by atoms with E-state index < -0.39 is 5.67 Å². The molecule has 0 radical (unpaired) electrons. The SMILES string of the molecule is CC(F)(CN)C1=CCCC1. The number of rotatable bonds is 2. The Balaban J connectivity index is 2.62. The fraction of sp³-hybridized carbons (Fsp3) is 0.750. The first-order chi connectivity index (χ1) is 4.67. The van der Waals surface area contributed by atoms with E-state index in [1.807, 2.05) is 6.08 Å². The van der Waals surface area contributed by atoms with E-state index in [4.69, 9.17) is 5.73 Å². The van der Waals surface area contributed by atoms with Crippen LogP contribution < -0.4 is 5.73 Å². The predicted molar refractivity (Wildman–Crippen MR) is 40.5 cm³/mol. The highest BCUT2D eigenvalue weighted by molar-refractivity contribution is 5.19. The van der Waals surface area contributed by atoms with E-state index in [9.17, 15) is 4.39 Å². The molecule has 1 atom stereocenters. The van der Waals surface area contributed by atoms with Gasteiger partial charge >= 0.3 is 0 Å². The molecule has 1 unspecified atom stereocenters. The number of halogens is 1. The number of hydrogen-bond donors (Lipinski definition) is 1. The van der Waals surface area contributed by atoms with Gasteiger partial charge in [0.2, 0.25) is 0 Å². The summed E-state index contributed by atoms with van der Waals surface area (Å²) >= 11 is 0. The van der Waals surface area contributed by atoms with Gasteiger partial charge in [0.15, 0.2) is 0 Å². The lowest BCUT2D eigenvalue weighted by atomic mass is 9.98. The average molecular weight is 143 g/mol. The van der Waals surface area contributed by atoms with Crippen LogP contribution in [0.3, 0.4) is 0 Å². The quantitative estimate of drug-likeness (QED) is 0.586. The van der Waals surface area contributed by atoms with Crippen LogP contribution >= 0.6 is 0 Å². The molecular formula is C8H14FN. The van der Waals surface area contributed by atoms with Crippen LogP contribution in [0.5, 0.6) is 0 Å². The Kier molecular flexibility index (Phi) is 2.09. The molecule has 0 aliphatic heterocycles. The van der Waals surface area contributed by atoms with Crippen molar-refractivity contribution in [3.05, 3.63) is 11.6 Å². The lowest BCUT2D eigenvalue weighted by Crippen LogP contribution is -2.30. The molecule has 1 nitrogen and oxygen atoms in total. The first kappa shape index (κ1) is 7.73. The van der Waals surface area contributed by atoms with E-state index in [0.29, 0.717) is 0 Å². The molecule has 1 aliphatic carbocycles. The maximum absolute atomic E-state index is 13.3. The molecule has 0 saturated carbocycles. The Bertz CT molecular complexity index is 149. The predicted octanol–water partition coefficient (Wildman–Crippen LogP) is 1.78. The summed E-state index contributed by atoms with van der Waals surface area (Å²) in [5, 5.41) is 0. The lowest BCUT2D eigenvalue weighted by molar-refractivity contribution is 0.245. The summed E-state index contributed by atoms with van der Waals surface area (Å²) in [5.74, 6) is 0. The van der Waals surface area contributed by atoms with Crippen LogP contribution in [0.1, 0.15) is 26.2 Å². The van der Waals surface area contributed by atoms with Crippen molar-refractivity contribution in [1.82, 2.24) is 0 Å². The normalized spacial score (nSPS) is 24.1. The highest BCUT2D eigenvalue weighted by atomic mass is 19.1. The molecule has 1 rings (SSSR count). The number of alkyl halides is 1. The van der Waals surface area contributed by atoms with Gasteiger partial charge in [-0.1, -0.05) is 6.08 Å². The topological polar surface area (TPSA) is 26.0 Å². The second-order valence-corrected chi connectivity index (χ2v) is 3.02. The molecule has 0 saturated heterocycles. The first-order valence-corrected chi connectivity index (χ1v) is 3.75. The van der Waals surface area contributed by atoms with E-state index in [0.717, 1.165) is 24.8 Å². The molecule has 0 aromatic rings. The molecule has 0 heterocycles. The van der Waals surface area contributed by atoms with Crippen molar-refractivity contribution in [3.8, 4) is 0 Å². The molecule has 1 aliphatic rings. The van der Waals surface area contributed by atoms with Crippen molar-refractivity contribution in [2.75, 3.05) is 6.54 Å². The van der Waals surface area contributed by atoms with Crippen molar-refractivity contribution in [3.63, 3.8) is 0 Å². The Hall–Kier alpha value is -0.370. The van der Waals surface area contributed by atoms with E-state index in [1.54, 1.807) is 6.92 Å². The van der Waals surface area contributed by atoms with Crippen molar-refractivity contribution < 1.29 is 4.39 Å². The summed E-state index contributed by atoms with van der Waals surface area (Å²) in [6.45, 7) is 1.67. The van der Waals surface area contributed by atoms with Gasteiger partial charge < -0.3 is 5.73 Å². The lowest BCUT2D eigenvalue weighted by Gasteiger charge is -2.19. The highest BCUT2D eigenvalue weighted by Crippen LogP contribution is 2.30. The summed E-state index contributed by atoms with van der Waals surface area (Å²) in [7, 11) is 0. The van der Waals surface area contributed by atoms with Crippen LogP contribution in [-0.2, 0) is 0 Å². The van der Waals surface area contributed by atoms with Crippen molar-refractivity contribution >= 4 is 0 Å². The molecule has 2 N–H and O–H groups in total. The third-order valence-electron chi connectivity index (χ3n) is 2.09. The summed E-state index contributed by atoms with van der Waals surface area (Å²) in [5.41, 5.74) is 4.93. The van der Waals surface area contributed by atoms with Crippen LogP contribution in [-0.4, -0.2) is 12.2 Å². The number of nitrogens with two attached hydrogens (primary N) is 1. The smallest absolute Gasteiger partial charge is 0.141 e. The third kappa shape index (κ3) is 1.37. The van der Waals surface area contributed by atoms with Gasteiger partial charge in [0.05, 0.1) is 0 Å². The molecule has 0 aromatic heterocycles. The number of allylic oxidation sites excluding steroid dienone is 1. The maximum atomic E-state index is 13.3. The van der Waals surface area contributed by atoms with Gasteiger partial charge in [0.25, 0.3) is 0 Å². The summed E-state index contributed by atoms with van der Waals surface area (Å²) in [6.07, 6.45) is 4.99. The van der Waals surface area contributed by atoms with Crippen molar-refractivity contribution in [1.29, 1.82) is 0 Å². The van der Waals surface area contributed by atoms with Crippen LogP contribution in [0.25, 0.3) is 0 Å². The minimum Gasteiger partial charge on any atom is -0.327 e. The minimum atomic E-state index is -1.24. The minimum absolute atomic E-state index is 0.110. The molecule has 58 valence electrons. The molecule has 0 aromatic carbocycles. The molecule has 2 heteroatoms. The van der Waals surface area contributed by atoms with Gasteiger partial charge in [-0.2, -0.15) is 0 Å². The van der Waals surface area contributed by atoms with E-state index in [-0.39, 0.29) is 6.54 Å². The van der Waals surface area contributed by atoms with Crippen molar-refractivity contribution in [2.45, 2.75) is 31.9 Å². The van der Waals surface area contributed by atoms with Gasteiger partial charge in [-0.25, -0.2) is 4.39 Å². The fourth-order valence-corrected chi connectivity index (χ4v) is 1.28. The summed E-state index contributed by atoms with van der Waals surface area (Å²) < 4.78 is 13.3. The largest absolute Gasteiger partial charge is 0.327 e. The zero-order chi connectivity index (χ0) is 7.61. The second kappa shape index (κ2) is 2.70. The van der Waals surface area contributed by atoms with E-state index >= 15 is 0 Å². The van der Waals surface area contributed by atoms with Gasteiger partial charge in [-0.05, 0) is 31.8 Å². The fourth-order valence-electron chi connectivity index (χ4n) is 1.28. The van der Waals surface area contributed by atoms with Gasteiger partial charge in [0, 0.05) is 6.54 Å². The Labute approximate surface area is 61.1 Å². The Morgan fingerprint density at radius 1 is 1.80 bits per heavy atom. The molecule has 10 heavy (non-hydrogen) atoms. The molecule has 0 fully saturated rings. The Morgan fingerprint density at radius 3 is 2.90 bits per heavy atom. The first-order valence-electron chi connectivity index (χ1n) is 3.75. The van der Waals surface area contributed by atoms with Crippen LogP contribution in [0.2, 0.25) is 0 Å². The van der Waals surface area contributed by atoms with Gasteiger partial charge in [-0.3, -0.25) is 0 Å². The highest BCUT2D eigenvalue weighted by Gasteiger charge is 2.27. The van der Waals surface area contributed by atoms with E-state index in [1.165, 1.54) is 0 Å². The second-order valence-electron chi connectivity index (χ2n) is 3.02. The van der Waals surface area contributed by atoms with Gasteiger partial charge in [-0.15, -0.1) is 0 Å². The van der Waals surface area contributed by atoms with E-state index in [2.05, 4.69) is 0 Å². The summed E-state index contributed by atoms with van der Waals surface area (Å²) in [6, 6.07) is 0. The molecule has 0 bridgehead atoms. The summed E-state index contributed by atoms with van der Waals surface area (Å²) in [4.78, 5) is 0. The zero-order valence-corrected chi connectivity index (χ0v) is 6.36.